The van der Waals surface area contributed by atoms with E-state index in [1.165, 1.54) is 37.9 Å². The van der Waals surface area contributed by atoms with Crippen molar-refractivity contribution in [2.75, 3.05) is 4.90 Å². The van der Waals surface area contributed by atoms with Crippen LogP contribution >= 0.6 is 0 Å². The largest absolute Gasteiger partial charge is 0.310 e. The van der Waals surface area contributed by atoms with Gasteiger partial charge >= 0.3 is 0 Å². The zero-order chi connectivity index (χ0) is 32.0. The molecule has 47 heavy (non-hydrogen) atoms. The molecule has 0 spiro atoms. The normalized spacial score (nSPS) is 11.7. The van der Waals surface area contributed by atoms with Gasteiger partial charge in [-0.25, -0.2) is 4.98 Å². The van der Waals surface area contributed by atoms with E-state index in [0.717, 1.165) is 39.6 Å². The van der Waals surface area contributed by atoms with Gasteiger partial charge in [-0.15, -0.1) is 0 Å². The Kier molecular flexibility index (Phi) is 7.07. The maximum Gasteiger partial charge on any atom is 0.0710 e. The molecule has 0 aliphatic heterocycles. The van der Waals surface area contributed by atoms with Crippen molar-refractivity contribution >= 4 is 49.4 Å². The molecule has 0 bridgehead atoms. The van der Waals surface area contributed by atoms with Crippen LogP contribution in [0.15, 0.2) is 164 Å². The molecule has 8 rings (SSSR count). The second kappa shape index (κ2) is 11.6. The first kappa shape index (κ1) is 28.7. The Hall–Kier alpha value is -5.73. The molecule has 8 aromatic rings. The fraction of sp³-hybridized carbons (Fsp3) is 0.0889. The SMILES string of the molecule is CC(C)(C)c1ccc(N(c2cccc(-c3cccc(-c4ccccc4)n3)c2)c2cccc3ccc4c5ccccc5ccc4c23)cc1. The summed E-state index contributed by atoms with van der Waals surface area (Å²) < 4.78 is 0. The maximum atomic E-state index is 5.10. The molecular weight excluding hydrogens is 569 g/mol. The van der Waals surface area contributed by atoms with Gasteiger partial charge in [-0.2, -0.15) is 0 Å². The number of hydrogen-bond acceptors (Lipinski definition) is 2. The van der Waals surface area contributed by atoms with E-state index in [4.69, 9.17) is 4.98 Å². The number of nitrogens with zero attached hydrogens (tertiary/aromatic N) is 2. The number of fused-ring (bicyclic) bond motifs is 5. The van der Waals surface area contributed by atoms with Gasteiger partial charge in [-0.05, 0) is 80.4 Å². The molecule has 1 heterocycles. The lowest BCUT2D eigenvalue weighted by molar-refractivity contribution is 0.590. The van der Waals surface area contributed by atoms with Crippen LogP contribution in [-0.4, -0.2) is 4.98 Å². The molecule has 7 aromatic carbocycles. The number of rotatable bonds is 5. The fourth-order valence-corrected chi connectivity index (χ4v) is 6.75. The van der Waals surface area contributed by atoms with Crippen molar-refractivity contribution in [2.24, 2.45) is 0 Å². The van der Waals surface area contributed by atoms with Gasteiger partial charge < -0.3 is 4.90 Å². The highest BCUT2D eigenvalue weighted by Gasteiger charge is 2.20. The number of benzene rings is 7. The van der Waals surface area contributed by atoms with Crippen molar-refractivity contribution in [3.63, 3.8) is 0 Å². The second-order valence-corrected chi connectivity index (χ2v) is 13.3. The van der Waals surface area contributed by atoms with Crippen molar-refractivity contribution in [2.45, 2.75) is 26.2 Å². The predicted molar refractivity (Wildman–Crippen MR) is 201 cm³/mol. The van der Waals surface area contributed by atoms with Gasteiger partial charge in [0.15, 0.2) is 0 Å². The lowest BCUT2D eigenvalue weighted by Gasteiger charge is -2.29. The first-order chi connectivity index (χ1) is 22.9. The van der Waals surface area contributed by atoms with Crippen molar-refractivity contribution < 1.29 is 0 Å². The molecule has 0 aliphatic carbocycles. The van der Waals surface area contributed by atoms with Gasteiger partial charge in [-0.1, -0.05) is 142 Å². The molecule has 0 radical (unpaired) electrons. The summed E-state index contributed by atoms with van der Waals surface area (Å²) in [5, 5.41) is 7.50. The molecule has 0 atom stereocenters. The van der Waals surface area contributed by atoms with Crippen LogP contribution < -0.4 is 4.90 Å². The van der Waals surface area contributed by atoms with E-state index in [0.29, 0.717) is 0 Å². The van der Waals surface area contributed by atoms with E-state index in [1.54, 1.807) is 0 Å². The number of hydrogen-bond donors (Lipinski definition) is 0. The third kappa shape index (κ3) is 5.32. The summed E-state index contributed by atoms with van der Waals surface area (Å²) in [6.45, 7) is 6.79. The molecule has 2 heteroatoms. The molecule has 0 unspecified atom stereocenters. The minimum atomic E-state index is 0.0649. The molecule has 226 valence electrons. The number of pyridine rings is 1. The van der Waals surface area contributed by atoms with E-state index in [2.05, 4.69) is 183 Å². The Bertz CT molecular complexity index is 2380. The van der Waals surface area contributed by atoms with Crippen molar-refractivity contribution in [3.05, 3.63) is 169 Å². The molecule has 0 saturated heterocycles. The smallest absolute Gasteiger partial charge is 0.0710 e. The Labute approximate surface area is 276 Å². The Balaban J connectivity index is 1.35. The Morgan fingerprint density at radius 3 is 1.89 bits per heavy atom. The third-order valence-corrected chi connectivity index (χ3v) is 9.20. The summed E-state index contributed by atoms with van der Waals surface area (Å²) >= 11 is 0. The van der Waals surface area contributed by atoms with E-state index >= 15 is 0 Å². The van der Waals surface area contributed by atoms with Crippen LogP contribution in [0.25, 0.3) is 54.8 Å². The Morgan fingerprint density at radius 2 is 1.09 bits per heavy atom. The van der Waals surface area contributed by atoms with Crippen LogP contribution in [0.2, 0.25) is 0 Å². The first-order valence-corrected chi connectivity index (χ1v) is 16.3. The van der Waals surface area contributed by atoms with Crippen molar-refractivity contribution in [1.82, 2.24) is 4.98 Å². The quantitative estimate of drug-likeness (QED) is 0.182. The van der Waals surface area contributed by atoms with Crippen LogP contribution in [0.3, 0.4) is 0 Å². The minimum Gasteiger partial charge on any atom is -0.310 e. The van der Waals surface area contributed by atoms with E-state index in [9.17, 15) is 0 Å². The average Bonchev–Trinajstić information content (AvgIpc) is 3.12. The molecule has 0 fully saturated rings. The summed E-state index contributed by atoms with van der Waals surface area (Å²) in [6.07, 6.45) is 0. The topological polar surface area (TPSA) is 16.1 Å². The molecule has 1 aromatic heterocycles. The third-order valence-electron chi connectivity index (χ3n) is 9.20. The van der Waals surface area contributed by atoms with Gasteiger partial charge in [0, 0.05) is 27.9 Å². The van der Waals surface area contributed by atoms with Crippen LogP contribution in [-0.2, 0) is 5.41 Å². The zero-order valence-electron chi connectivity index (χ0n) is 27.0. The van der Waals surface area contributed by atoms with Crippen LogP contribution in [0.1, 0.15) is 26.3 Å². The fourth-order valence-electron chi connectivity index (χ4n) is 6.75. The highest BCUT2D eigenvalue weighted by Crippen LogP contribution is 2.44. The van der Waals surface area contributed by atoms with Gasteiger partial charge in [0.1, 0.15) is 0 Å². The monoisotopic (exact) mass is 604 g/mol. The maximum absolute atomic E-state index is 5.10. The van der Waals surface area contributed by atoms with Gasteiger partial charge in [0.2, 0.25) is 0 Å². The highest BCUT2D eigenvalue weighted by molar-refractivity contribution is 6.21. The van der Waals surface area contributed by atoms with Crippen molar-refractivity contribution in [1.29, 1.82) is 0 Å². The summed E-state index contributed by atoms with van der Waals surface area (Å²) in [7, 11) is 0. The molecule has 0 amide bonds. The number of aromatic nitrogens is 1. The van der Waals surface area contributed by atoms with E-state index in [1.807, 2.05) is 6.07 Å². The van der Waals surface area contributed by atoms with Gasteiger partial charge in [-0.3, -0.25) is 0 Å². The van der Waals surface area contributed by atoms with E-state index < -0.39 is 0 Å². The molecule has 0 N–H and O–H groups in total. The van der Waals surface area contributed by atoms with Crippen LogP contribution in [0.5, 0.6) is 0 Å². The van der Waals surface area contributed by atoms with Crippen LogP contribution in [0.4, 0.5) is 17.1 Å². The van der Waals surface area contributed by atoms with Crippen molar-refractivity contribution in [3.8, 4) is 22.5 Å². The number of anilines is 3. The average molecular weight is 605 g/mol. The summed E-state index contributed by atoms with van der Waals surface area (Å²) in [5.74, 6) is 0. The molecular formula is C45H36N2. The lowest BCUT2D eigenvalue weighted by Crippen LogP contribution is -2.13. The zero-order valence-corrected chi connectivity index (χ0v) is 27.0. The lowest BCUT2D eigenvalue weighted by atomic mass is 9.87. The highest BCUT2D eigenvalue weighted by atomic mass is 15.1. The first-order valence-electron chi connectivity index (χ1n) is 16.3. The second-order valence-electron chi connectivity index (χ2n) is 13.3. The predicted octanol–water partition coefficient (Wildman–Crippen LogP) is 12.6. The van der Waals surface area contributed by atoms with E-state index in [-0.39, 0.29) is 5.41 Å². The molecule has 0 saturated carbocycles. The summed E-state index contributed by atoms with van der Waals surface area (Å²) in [4.78, 5) is 7.51. The van der Waals surface area contributed by atoms with Crippen LogP contribution in [0, 0.1) is 0 Å². The molecule has 0 aliphatic rings. The van der Waals surface area contributed by atoms with Gasteiger partial charge in [0.05, 0.1) is 17.1 Å². The Morgan fingerprint density at radius 1 is 0.447 bits per heavy atom. The summed E-state index contributed by atoms with van der Waals surface area (Å²) in [5.41, 5.74) is 8.84. The summed E-state index contributed by atoms with van der Waals surface area (Å²) in [6, 6.07) is 58.9. The van der Waals surface area contributed by atoms with Gasteiger partial charge in [0.25, 0.3) is 0 Å². The molecule has 2 nitrogen and oxygen atoms in total. The standard InChI is InChI=1S/C45H36N2/c1-45(2,3)35-24-26-36(27-25-35)47(37-17-9-16-34(30-37)42-20-11-19-41(46-42)32-13-5-4-6-14-32)43-21-10-15-33-23-28-39-38-18-8-7-12-31(38)22-29-40(39)44(33)43/h4-30H,1-3H3. The minimum absolute atomic E-state index is 0.0649.